The number of hydrogen-bond donors (Lipinski definition) is 2. The standard InChI is InChI=1S/C12H19N3O3/c1-18-12(17)11(16)9-2-6-15(7-3-9)8-10-13-4-5-14-10/h4-5,9,11,16H,2-3,6-8H2,1H3,(H,13,14). The van der Waals surface area contributed by atoms with Crippen LogP contribution in [0.4, 0.5) is 0 Å². The van der Waals surface area contributed by atoms with Crippen LogP contribution < -0.4 is 0 Å². The number of ether oxygens (including phenoxy) is 1. The van der Waals surface area contributed by atoms with Gasteiger partial charge in [0.2, 0.25) is 0 Å². The van der Waals surface area contributed by atoms with Crippen molar-refractivity contribution in [1.82, 2.24) is 14.9 Å². The maximum Gasteiger partial charge on any atom is 0.334 e. The summed E-state index contributed by atoms with van der Waals surface area (Å²) >= 11 is 0. The summed E-state index contributed by atoms with van der Waals surface area (Å²) in [5.41, 5.74) is 0. The lowest BCUT2D eigenvalue weighted by molar-refractivity contribution is -0.154. The van der Waals surface area contributed by atoms with Crippen LogP contribution in [0.2, 0.25) is 0 Å². The topological polar surface area (TPSA) is 78.5 Å². The van der Waals surface area contributed by atoms with Crippen LogP contribution in [-0.2, 0) is 16.1 Å². The van der Waals surface area contributed by atoms with Gasteiger partial charge in [0.25, 0.3) is 0 Å². The lowest BCUT2D eigenvalue weighted by Gasteiger charge is -2.32. The molecule has 6 nitrogen and oxygen atoms in total. The van der Waals surface area contributed by atoms with E-state index in [-0.39, 0.29) is 5.92 Å². The first kappa shape index (κ1) is 13.0. The van der Waals surface area contributed by atoms with Crippen molar-refractivity contribution in [2.75, 3.05) is 20.2 Å². The average molecular weight is 253 g/mol. The molecule has 1 aromatic heterocycles. The number of methoxy groups -OCH3 is 1. The molecule has 1 fully saturated rings. The van der Waals surface area contributed by atoms with E-state index in [0.717, 1.165) is 38.3 Å². The van der Waals surface area contributed by atoms with Crippen LogP contribution in [0.25, 0.3) is 0 Å². The number of aromatic amines is 1. The average Bonchev–Trinajstić information content (AvgIpc) is 2.91. The molecule has 0 amide bonds. The first-order valence-electron chi connectivity index (χ1n) is 6.17. The molecule has 0 aliphatic carbocycles. The number of H-pyrrole nitrogens is 1. The molecule has 1 aliphatic heterocycles. The van der Waals surface area contributed by atoms with Gasteiger partial charge in [0.1, 0.15) is 5.82 Å². The Kier molecular flexibility index (Phi) is 4.33. The number of nitrogens with zero attached hydrogens (tertiary/aromatic N) is 2. The minimum atomic E-state index is -0.985. The third-order valence-electron chi connectivity index (χ3n) is 3.45. The van der Waals surface area contributed by atoms with Crippen LogP contribution in [0.15, 0.2) is 12.4 Å². The second-order valence-electron chi connectivity index (χ2n) is 4.62. The molecule has 2 N–H and O–H groups in total. The molecule has 0 aromatic carbocycles. The summed E-state index contributed by atoms with van der Waals surface area (Å²) in [5.74, 6) is 0.423. The zero-order valence-corrected chi connectivity index (χ0v) is 10.5. The van der Waals surface area contributed by atoms with Gasteiger partial charge in [0.15, 0.2) is 6.10 Å². The number of carbonyl (C=O) groups excluding carboxylic acids is 1. The molecule has 1 saturated heterocycles. The SMILES string of the molecule is COC(=O)C(O)C1CCN(Cc2ncc[nH]2)CC1. The Morgan fingerprint density at radius 1 is 1.67 bits per heavy atom. The third kappa shape index (κ3) is 3.08. The number of piperidine rings is 1. The van der Waals surface area contributed by atoms with E-state index >= 15 is 0 Å². The van der Waals surface area contributed by atoms with Gasteiger partial charge in [-0.25, -0.2) is 9.78 Å². The molecule has 0 saturated carbocycles. The van der Waals surface area contributed by atoms with E-state index in [0.29, 0.717) is 0 Å². The summed E-state index contributed by atoms with van der Waals surface area (Å²) < 4.78 is 4.56. The van der Waals surface area contributed by atoms with Gasteiger partial charge in [-0.05, 0) is 31.8 Å². The van der Waals surface area contributed by atoms with Gasteiger partial charge in [-0.15, -0.1) is 0 Å². The summed E-state index contributed by atoms with van der Waals surface area (Å²) in [6.45, 7) is 2.51. The minimum Gasteiger partial charge on any atom is -0.467 e. The lowest BCUT2D eigenvalue weighted by Crippen LogP contribution is -2.40. The number of aromatic nitrogens is 2. The van der Waals surface area contributed by atoms with Gasteiger partial charge in [0.05, 0.1) is 13.7 Å². The fourth-order valence-corrected chi connectivity index (χ4v) is 2.34. The Balaban J connectivity index is 1.79. The van der Waals surface area contributed by atoms with Gasteiger partial charge in [-0.3, -0.25) is 4.90 Å². The second kappa shape index (κ2) is 5.97. The van der Waals surface area contributed by atoms with E-state index in [2.05, 4.69) is 19.6 Å². The predicted molar refractivity (Wildman–Crippen MR) is 64.6 cm³/mol. The van der Waals surface area contributed by atoms with Gasteiger partial charge in [-0.2, -0.15) is 0 Å². The van der Waals surface area contributed by atoms with Crippen molar-refractivity contribution in [3.63, 3.8) is 0 Å². The number of hydrogen-bond acceptors (Lipinski definition) is 5. The van der Waals surface area contributed by atoms with Crippen LogP contribution in [0.1, 0.15) is 18.7 Å². The molecule has 1 atom stereocenters. The van der Waals surface area contributed by atoms with E-state index in [1.807, 2.05) is 6.20 Å². The second-order valence-corrected chi connectivity index (χ2v) is 4.62. The highest BCUT2D eigenvalue weighted by molar-refractivity contribution is 5.74. The summed E-state index contributed by atoms with van der Waals surface area (Å²) in [6, 6.07) is 0. The van der Waals surface area contributed by atoms with Gasteiger partial charge in [0, 0.05) is 12.4 Å². The van der Waals surface area contributed by atoms with Gasteiger partial charge in [-0.1, -0.05) is 0 Å². The van der Waals surface area contributed by atoms with Gasteiger partial charge < -0.3 is 14.8 Å². The largest absolute Gasteiger partial charge is 0.467 e. The van der Waals surface area contributed by atoms with Crippen molar-refractivity contribution in [2.45, 2.75) is 25.5 Å². The van der Waals surface area contributed by atoms with Crippen molar-refractivity contribution < 1.29 is 14.6 Å². The number of likely N-dealkylation sites (tertiary alicyclic amines) is 1. The van der Waals surface area contributed by atoms with E-state index in [1.54, 1.807) is 6.20 Å². The van der Waals surface area contributed by atoms with Crippen LogP contribution in [-0.4, -0.2) is 52.2 Å². The minimum absolute atomic E-state index is 0.00491. The summed E-state index contributed by atoms with van der Waals surface area (Å²) in [4.78, 5) is 20.8. The highest BCUT2D eigenvalue weighted by Gasteiger charge is 2.30. The molecule has 0 radical (unpaired) electrons. The van der Waals surface area contributed by atoms with E-state index < -0.39 is 12.1 Å². The number of aliphatic hydroxyl groups is 1. The number of esters is 1. The molecule has 6 heteroatoms. The number of carbonyl (C=O) groups is 1. The lowest BCUT2D eigenvalue weighted by atomic mass is 9.91. The molecular weight excluding hydrogens is 234 g/mol. The highest BCUT2D eigenvalue weighted by atomic mass is 16.5. The Hall–Kier alpha value is -1.40. The molecule has 2 rings (SSSR count). The van der Waals surface area contributed by atoms with Crippen LogP contribution in [0.5, 0.6) is 0 Å². The molecule has 18 heavy (non-hydrogen) atoms. The molecular formula is C12H19N3O3. The predicted octanol–water partition coefficient (Wildman–Crippen LogP) is 0.156. The Labute approximate surface area is 106 Å². The van der Waals surface area contributed by atoms with Crippen molar-refractivity contribution in [2.24, 2.45) is 5.92 Å². The fourth-order valence-electron chi connectivity index (χ4n) is 2.34. The number of rotatable bonds is 4. The summed E-state index contributed by atoms with van der Waals surface area (Å²) in [5, 5.41) is 9.77. The molecule has 2 heterocycles. The quantitative estimate of drug-likeness (QED) is 0.747. The molecule has 0 spiro atoms. The van der Waals surface area contributed by atoms with Crippen molar-refractivity contribution >= 4 is 5.97 Å². The third-order valence-corrected chi connectivity index (χ3v) is 3.45. The normalized spacial score (nSPS) is 19.7. The van der Waals surface area contributed by atoms with Gasteiger partial charge >= 0.3 is 5.97 Å². The zero-order chi connectivity index (χ0) is 13.0. The van der Waals surface area contributed by atoms with Crippen molar-refractivity contribution in [3.8, 4) is 0 Å². The highest BCUT2D eigenvalue weighted by Crippen LogP contribution is 2.22. The van der Waals surface area contributed by atoms with Crippen molar-refractivity contribution in [3.05, 3.63) is 18.2 Å². The number of imidazole rings is 1. The summed E-state index contributed by atoms with van der Waals surface area (Å²) in [6.07, 6.45) is 4.17. The molecule has 0 bridgehead atoms. The summed E-state index contributed by atoms with van der Waals surface area (Å²) in [7, 11) is 1.30. The molecule has 1 aliphatic rings. The maximum atomic E-state index is 11.2. The fraction of sp³-hybridized carbons (Fsp3) is 0.667. The maximum absolute atomic E-state index is 11.2. The Bertz CT molecular complexity index is 372. The number of nitrogens with one attached hydrogen (secondary N) is 1. The number of aliphatic hydroxyl groups excluding tert-OH is 1. The molecule has 1 unspecified atom stereocenters. The molecule has 100 valence electrons. The van der Waals surface area contributed by atoms with Crippen LogP contribution in [0, 0.1) is 5.92 Å². The molecule has 1 aromatic rings. The smallest absolute Gasteiger partial charge is 0.334 e. The zero-order valence-electron chi connectivity index (χ0n) is 10.5. The Morgan fingerprint density at radius 3 is 2.94 bits per heavy atom. The van der Waals surface area contributed by atoms with Crippen LogP contribution in [0.3, 0.4) is 0 Å². The Morgan fingerprint density at radius 2 is 2.39 bits per heavy atom. The van der Waals surface area contributed by atoms with E-state index in [9.17, 15) is 9.90 Å². The van der Waals surface area contributed by atoms with E-state index in [4.69, 9.17) is 0 Å². The van der Waals surface area contributed by atoms with Crippen molar-refractivity contribution in [1.29, 1.82) is 0 Å². The van der Waals surface area contributed by atoms with Crippen LogP contribution >= 0.6 is 0 Å². The van der Waals surface area contributed by atoms with E-state index in [1.165, 1.54) is 7.11 Å². The first-order valence-corrected chi connectivity index (χ1v) is 6.17. The monoisotopic (exact) mass is 253 g/mol. The first-order chi connectivity index (χ1) is 8.70.